The second-order valence-corrected chi connectivity index (χ2v) is 5.61. The summed E-state index contributed by atoms with van der Waals surface area (Å²) in [6, 6.07) is 9.57. The second-order valence-electron chi connectivity index (χ2n) is 4.62. The first kappa shape index (κ1) is 14.6. The molecule has 2 heteroatoms. The Kier molecular flexibility index (Phi) is 7.38. The number of hydrogen-bond acceptors (Lipinski definition) is 2. The van der Waals surface area contributed by atoms with E-state index in [0.29, 0.717) is 6.04 Å². The Balaban J connectivity index is 2.48. The fourth-order valence-corrected chi connectivity index (χ4v) is 2.41. The molecule has 96 valence electrons. The first-order chi connectivity index (χ1) is 8.26. The molecule has 0 heterocycles. The van der Waals surface area contributed by atoms with Crippen LogP contribution in [0.1, 0.15) is 30.9 Å². The zero-order chi connectivity index (χ0) is 12.5. The fraction of sp³-hybridized carbons (Fsp3) is 0.600. The van der Waals surface area contributed by atoms with Crippen LogP contribution in [0.2, 0.25) is 0 Å². The third kappa shape index (κ3) is 6.13. The highest BCUT2D eigenvalue weighted by Gasteiger charge is 2.08. The Morgan fingerprint density at radius 3 is 2.53 bits per heavy atom. The molecule has 0 spiro atoms. The highest BCUT2D eigenvalue weighted by atomic mass is 32.2. The Bertz CT molecular complexity index is 286. The third-order valence-corrected chi connectivity index (χ3v) is 3.60. The van der Waals surface area contributed by atoms with Crippen LogP contribution < -0.4 is 5.32 Å². The summed E-state index contributed by atoms with van der Waals surface area (Å²) in [5, 5.41) is 3.65. The van der Waals surface area contributed by atoms with Crippen molar-refractivity contribution >= 4 is 11.8 Å². The number of aryl methyl sites for hydroxylation is 1. The molecule has 1 atom stereocenters. The SMILES string of the molecule is CCCNC(CCSC)Cc1ccc(C)cc1. The minimum Gasteiger partial charge on any atom is -0.314 e. The average Bonchev–Trinajstić information content (AvgIpc) is 2.35. The number of hydrogen-bond donors (Lipinski definition) is 1. The van der Waals surface area contributed by atoms with E-state index >= 15 is 0 Å². The molecule has 1 nitrogen and oxygen atoms in total. The molecule has 0 bridgehead atoms. The van der Waals surface area contributed by atoms with Crippen LogP contribution in [0.4, 0.5) is 0 Å². The van der Waals surface area contributed by atoms with Gasteiger partial charge in [-0.1, -0.05) is 36.8 Å². The molecule has 0 aromatic heterocycles. The van der Waals surface area contributed by atoms with Gasteiger partial charge in [-0.2, -0.15) is 11.8 Å². The van der Waals surface area contributed by atoms with Crippen molar-refractivity contribution in [3.63, 3.8) is 0 Å². The van der Waals surface area contributed by atoms with E-state index in [-0.39, 0.29) is 0 Å². The van der Waals surface area contributed by atoms with Crippen molar-refractivity contribution in [2.45, 2.75) is 39.2 Å². The Labute approximate surface area is 110 Å². The van der Waals surface area contributed by atoms with Gasteiger partial charge in [-0.25, -0.2) is 0 Å². The summed E-state index contributed by atoms with van der Waals surface area (Å²) in [6.45, 7) is 5.50. The lowest BCUT2D eigenvalue weighted by molar-refractivity contribution is 0.497. The lowest BCUT2D eigenvalue weighted by Gasteiger charge is -2.18. The molecular weight excluding hydrogens is 226 g/mol. The molecule has 0 aliphatic carbocycles. The van der Waals surface area contributed by atoms with Gasteiger partial charge in [-0.15, -0.1) is 0 Å². The van der Waals surface area contributed by atoms with E-state index in [1.807, 2.05) is 11.8 Å². The molecule has 1 unspecified atom stereocenters. The fourth-order valence-electron chi connectivity index (χ4n) is 1.89. The largest absolute Gasteiger partial charge is 0.314 e. The van der Waals surface area contributed by atoms with E-state index in [2.05, 4.69) is 49.7 Å². The van der Waals surface area contributed by atoms with E-state index in [0.717, 1.165) is 13.0 Å². The maximum Gasteiger partial charge on any atom is 0.0115 e. The summed E-state index contributed by atoms with van der Waals surface area (Å²) in [4.78, 5) is 0. The summed E-state index contributed by atoms with van der Waals surface area (Å²) < 4.78 is 0. The van der Waals surface area contributed by atoms with Crippen molar-refractivity contribution in [3.8, 4) is 0 Å². The van der Waals surface area contributed by atoms with Crippen LogP contribution in [-0.2, 0) is 6.42 Å². The lowest BCUT2D eigenvalue weighted by Crippen LogP contribution is -2.32. The molecule has 0 radical (unpaired) electrons. The summed E-state index contributed by atoms with van der Waals surface area (Å²) in [6.07, 6.45) is 5.81. The van der Waals surface area contributed by atoms with E-state index in [4.69, 9.17) is 0 Å². The van der Waals surface area contributed by atoms with Crippen LogP contribution in [0.5, 0.6) is 0 Å². The van der Waals surface area contributed by atoms with Gasteiger partial charge < -0.3 is 5.32 Å². The van der Waals surface area contributed by atoms with Gasteiger partial charge >= 0.3 is 0 Å². The summed E-state index contributed by atoms with van der Waals surface area (Å²) in [7, 11) is 0. The van der Waals surface area contributed by atoms with Crippen molar-refractivity contribution in [3.05, 3.63) is 35.4 Å². The lowest BCUT2D eigenvalue weighted by atomic mass is 10.0. The van der Waals surface area contributed by atoms with Gasteiger partial charge in [0.25, 0.3) is 0 Å². The maximum absolute atomic E-state index is 3.65. The van der Waals surface area contributed by atoms with Crippen molar-refractivity contribution < 1.29 is 0 Å². The van der Waals surface area contributed by atoms with Gasteiger partial charge in [-0.3, -0.25) is 0 Å². The van der Waals surface area contributed by atoms with Gasteiger partial charge in [0.2, 0.25) is 0 Å². The number of nitrogens with one attached hydrogen (secondary N) is 1. The molecule has 0 fully saturated rings. The molecule has 0 aliphatic rings. The Morgan fingerprint density at radius 2 is 1.94 bits per heavy atom. The topological polar surface area (TPSA) is 12.0 Å². The highest BCUT2D eigenvalue weighted by molar-refractivity contribution is 7.98. The smallest absolute Gasteiger partial charge is 0.0115 e. The zero-order valence-corrected chi connectivity index (χ0v) is 12.1. The van der Waals surface area contributed by atoms with Gasteiger partial charge in [0.15, 0.2) is 0 Å². The highest BCUT2D eigenvalue weighted by Crippen LogP contribution is 2.10. The quantitative estimate of drug-likeness (QED) is 0.757. The maximum atomic E-state index is 3.65. The van der Waals surface area contributed by atoms with Gasteiger partial charge in [0.05, 0.1) is 0 Å². The zero-order valence-electron chi connectivity index (χ0n) is 11.3. The number of thioether (sulfide) groups is 1. The predicted octanol–water partition coefficient (Wildman–Crippen LogP) is 3.66. The van der Waals surface area contributed by atoms with Gasteiger partial charge in [-0.05, 0) is 50.3 Å². The van der Waals surface area contributed by atoms with Crippen LogP contribution in [0, 0.1) is 6.92 Å². The van der Waals surface area contributed by atoms with Crippen LogP contribution in [0.25, 0.3) is 0 Å². The van der Waals surface area contributed by atoms with Gasteiger partial charge in [0, 0.05) is 6.04 Å². The Morgan fingerprint density at radius 1 is 1.24 bits per heavy atom. The summed E-state index contributed by atoms with van der Waals surface area (Å²) in [5.74, 6) is 1.24. The molecule has 1 rings (SSSR count). The van der Waals surface area contributed by atoms with E-state index in [1.54, 1.807) is 0 Å². The van der Waals surface area contributed by atoms with E-state index in [1.165, 1.54) is 29.7 Å². The van der Waals surface area contributed by atoms with Crippen molar-refractivity contribution in [2.24, 2.45) is 0 Å². The second kappa shape index (κ2) is 8.60. The molecule has 0 saturated carbocycles. The molecular formula is C15H25NS. The van der Waals surface area contributed by atoms with Gasteiger partial charge in [0.1, 0.15) is 0 Å². The molecule has 0 aliphatic heterocycles. The Hall–Kier alpha value is -0.470. The van der Waals surface area contributed by atoms with Crippen molar-refractivity contribution in [1.82, 2.24) is 5.32 Å². The van der Waals surface area contributed by atoms with Crippen LogP contribution in [0.3, 0.4) is 0 Å². The molecule has 17 heavy (non-hydrogen) atoms. The van der Waals surface area contributed by atoms with E-state index in [9.17, 15) is 0 Å². The van der Waals surface area contributed by atoms with Crippen LogP contribution in [0.15, 0.2) is 24.3 Å². The summed E-state index contributed by atoms with van der Waals surface area (Å²) in [5.41, 5.74) is 2.79. The predicted molar refractivity (Wildman–Crippen MR) is 80.0 cm³/mol. The normalized spacial score (nSPS) is 12.6. The first-order valence-electron chi connectivity index (χ1n) is 6.54. The molecule has 1 aromatic rings. The summed E-state index contributed by atoms with van der Waals surface area (Å²) >= 11 is 1.94. The van der Waals surface area contributed by atoms with E-state index < -0.39 is 0 Å². The average molecular weight is 251 g/mol. The molecule has 1 N–H and O–H groups in total. The van der Waals surface area contributed by atoms with Crippen molar-refractivity contribution in [2.75, 3.05) is 18.6 Å². The van der Waals surface area contributed by atoms with Crippen LogP contribution in [-0.4, -0.2) is 24.6 Å². The molecule has 1 aromatic carbocycles. The number of rotatable bonds is 8. The minimum absolute atomic E-state index is 0.630. The van der Waals surface area contributed by atoms with Crippen LogP contribution >= 0.6 is 11.8 Å². The monoisotopic (exact) mass is 251 g/mol. The van der Waals surface area contributed by atoms with Crippen molar-refractivity contribution in [1.29, 1.82) is 0 Å². The minimum atomic E-state index is 0.630. The molecule has 0 amide bonds. The standard InChI is InChI=1S/C15H25NS/c1-4-10-16-15(9-11-17-3)12-14-7-5-13(2)6-8-14/h5-8,15-16H,4,9-12H2,1-3H3. The first-order valence-corrected chi connectivity index (χ1v) is 7.93. The third-order valence-electron chi connectivity index (χ3n) is 2.96. The molecule has 0 saturated heterocycles. The number of benzene rings is 1.